The van der Waals surface area contributed by atoms with Crippen molar-refractivity contribution < 1.29 is 9.53 Å². The van der Waals surface area contributed by atoms with E-state index < -0.39 is 6.10 Å². The minimum atomic E-state index is -0.622. The van der Waals surface area contributed by atoms with Crippen LogP contribution in [0.25, 0.3) is 0 Å². The molecule has 2 aromatic rings. The second-order valence-corrected chi connectivity index (χ2v) is 6.01. The lowest BCUT2D eigenvalue weighted by atomic mass is 10.2. The summed E-state index contributed by atoms with van der Waals surface area (Å²) in [5.74, 6) is 0.388. The number of hydrogen-bond acceptors (Lipinski definition) is 2. The highest BCUT2D eigenvalue weighted by atomic mass is 79.9. The molecule has 2 aromatic carbocycles. The van der Waals surface area contributed by atoms with Crippen LogP contribution in [0.2, 0.25) is 5.02 Å². The molecule has 0 aliphatic carbocycles. The van der Waals surface area contributed by atoms with E-state index in [0.29, 0.717) is 16.5 Å². The molecule has 1 N–H and O–H groups in total. The van der Waals surface area contributed by atoms with Gasteiger partial charge in [-0.25, -0.2) is 0 Å². The summed E-state index contributed by atoms with van der Waals surface area (Å²) in [5.41, 5.74) is 1.62. The van der Waals surface area contributed by atoms with Gasteiger partial charge in [0.25, 0.3) is 5.91 Å². The Morgan fingerprint density at radius 2 is 1.90 bits per heavy atom. The molecule has 1 atom stereocenters. The van der Waals surface area contributed by atoms with Gasteiger partial charge in [-0.15, -0.1) is 0 Å². The molecule has 2 rings (SSSR count). The van der Waals surface area contributed by atoms with E-state index in [1.807, 2.05) is 25.1 Å². The van der Waals surface area contributed by atoms with Crippen LogP contribution in [0.3, 0.4) is 0 Å². The molecular formula is C16H15BrClNO2. The van der Waals surface area contributed by atoms with Crippen LogP contribution in [0.1, 0.15) is 12.5 Å². The summed E-state index contributed by atoms with van der Waals surface area (Å²) in [7, 11) is 0. The average Bonchev–Trinajstić information content (AvgIpc) is 2.44. The van der Waals surface area contributed by atoms with E-state index in [2.05, 4.69) is 21.2 Å². The van der Waals surface area contributed by atoms with Gasteiger partial charge in [-0.05, 0) is 55.8 Å². The van der Waals surface area contributed by atoms with Gasteiger partial charge >= 0.3 is 0 Å². The van der Waals surface area contributed by atoms with E-state index in [0.717, 1.165) is 10.0 Å². The van der Waals surface area contributed by atoms with Crippen molar-refractivity contribution in [1.82, 2.24) is 0 Å². The van der Waals surface area contributed by atoms with Crippen LogP contribution < -0.4 is 10.1 Å². The molecule has 0 unspecified atom stereocenters. The van der Waals surface area contributed by atoms with Crippen molar-refractivity contribution in [2.75, 3.05) is 5.32 Å². The van der Waals surface area contributed by atoms with E-state index in [-0.39, 0.29) is 5.91 Å². The fourth-order valence-corrected chi connectivity index (χ4v) is 2.27. The number of amides is 1. The van der Waals surface area contributed by atoms with Crippen LogP contribution in [-0.4, -0.2) is 12.0 Å². The minimum absolute atomic E-state index is 0.247. The third-order valence-corrected chi connectivity index (χ3v) is 3.72. The summed E-state index contributed by atoms with van der Waals surface area (Å²) in [5, 5.41) is 3.28. The minimum Gasteiger partial charge on any atom is -0.481 e. The first-order chi connectivity index (χ1) is 9.95. The van der Waals surface area contributed by atoms with Gasteiger partial charge in [0.2, 0.25) is 0 Å². The van der Waals surface area contributed by atoms with E-state index in [9.17, 15) is 4.79 Å². The largest absolute Gasteiger partial charge is 0.481 e. The zero-order valence-corrected chi connectivity index (χ0v) is 14.0. The van der Waals surface area contributed by atoms with Gasteiger partial charge in [0.05, 0.1) is 10.7 Å². The highest BCUT2D eigenvalue weighted by Gasteiger charge is 2.16. The number of rotatable bonds is 4. The molecule has 0 saturated heterocycles. The Kier molecular flexibility index (Phi) is 5.26. The van der Waals surface area contributed by atoms with Crippen molar-refractivity contribution in [3.63, 3.8) is 0 Å². The molecule has 0 saturated carbocycles. The number of benzene rings is 2. The predicted molar refractivity (Wildman–Crippen MR) is 89.1 cm³/mol. The van der Waals surface area contributed by atoms with Crippen LogP contribution in [0.4, 0.5) is 5.69 Å². The maximum Gasteiger partial charge on any atom is 0.265 e. The number of hydrogen-bond donors (Lipinski definition) is 1. The fraction of sp³-hybridized carbons (Fsp3) is 0.188. The summed E-state index contributed by atoms with van der Waals surface area (Å²) in [6.45, 7) is 3.64. The maximum atomic E-state index is 12.1. The average molecular weight is 369 g/mol. The second-order valence-electron chi connectivity index (χ2n) is 4.69. The van der Waals surface area contributed by atoms with Crippen molar-refractivity contribution in [2.24, 2.45) is 0 Å². The second kappa shape index (κ2) is 6.96. The highest BCUT2D eigenvalue weighted by molar-refractivity contribution is 9.10. The summed E-state index contributed by atoms with van der Waals surface area (Å²) in [6.07, 6.45) is -0.622. The van der Waals surface area contributed by atoms with E-state index >= 15 is 0 Å². The number of halogens is 2. The van der Waals surface area contributed by atoms with Gasteiger partial charge in [-0.2, -0.15) is 0 Å². The van der Waals surface area contributed by atoms with Crippen molar-refractivity contribution in [2.45, 2.75) is 20.0 Å². The quantitative estimate of drug-likeness (QED) is 0.840. The third kappa shape index (κ3) is 4.48. The topological polar surface area (TPSA) is 38.3 Å². The molecule has 5 heteroatoms. The van der Waals surface area contributed by atoms with E-state index in [1.54, 1.807) is 31.2 Å². The number of ether oxygens (including phenoxy) is 1. The SMILES string of the molecule is Cc1ccc(NC(=O)[C@H](C)Oc2ccc(Br)cc2)c(Cl)c1. The molecule has 0 aliphatic heterocycles. The number of aryl methyl sites for hydroxylation is 1. The zero-order chi connectivity index (χ0) is 15.4. The molecule has 1 amide bonds. The molecule has 3 nitrogen and oxygen atoms in total. The van der Waals surface area contributed by atoms with Gasteiger partial charge < -0.3 is 10.1 Å². The Morgan fingerprint density at radius 3 is 2.52 bits per heavy atom. The number of anilines is 1. The first-order valence-electron chi connectivity index (χ1n) is 6.45. The summed E-state index contributed by atoms with van der Waals surface area (Å²) >= 11 is 9.44. The molecule has 110 valence electrons. The Bertz CT molecular complexity index is 643. The van der Waals surface area contributed by atoms with E-state index in [1.165, 1.54) is 0 Å². The van der Waals surface area contributed by atoms with Crippen LogP contribution in [0.5, 0.6) is 5.75 Å². The van der Waals surface area contributed by atoms with E-state index in [4.69, 9.17) is 16.3 Å². The predicted octanol–water partition coefficient (Wildman–Crippen LogP) is 4.82. The molecule has 0 aromatic heterocycles. The van der Waals surface area contributed by atoms with Gasteiger partial charge in [-0.3, -0.25) is 4.79 Å². The van der Waals surface area contributed by atoms with Crippen molar-refractivity contribution in [3.05, 3.63) is 57.5 Å². The van der Waals surface area contributed by atoms with Gasteiger partial charge in [-0.1, -0.05) is 33.6 Å². The lowest BCUT2D eigenvalue weighted by Crippen LogP contribution is -2.30. The monoisotopic (exact) mass is 367 g/mol. The summed E-state index contributed by atoms with van der Waals surface area (Å²) in [6, 6.07) is 12.8. The number of nitrogens with one attached hydrogen (secondary N) is 1. The normalized spacial score (nSPS) is 11.8. The van der Waals surface area contributed by atoms with Gasteiger partial charge in [0.1, 0.15) is 5.75 Å². The van der Waals surface area contributed by atoms with Gasteiger partial charge in [0, 0.05) is 4.47 Å². The van der Waals surface area contributed by atoms with Crippen molar-refractivity contribution >= 4 is 39.1 Å². The van der Waals surface area contributed by atoms with Crippen molar-refractivity contribution in [1.29, 1.82) is 0 Å². The summed E-state index contributed by atoms with van der Waals surface area (Å²) < 4.78 is 6.55. The van der Waals surface area contributed by atoms with Crippen LogP contribution in [0.15, 0.2) is 46.9 Å². The first kappa shape index (κ1) is 15.9. The fourth-order valence-electron chi connectivity index (χ4n) is 1.73. The molecular weight excluding hydrogens is 354 g/mol. The number of carbonyl (C=O) groups excluding carboxylic acids is 1. The Balaban J connectivity index is 2.00. The molecule has 0 fully saturated rings. The van der Waals surface area contributed by atoms with Crippen LogP contribution in [0, 0.1) is 6.92 Å². The zero-order valence-electron chi connectivity index (χ0n) is 11.7. The third-order valence-electron chi connectivity index (χ3n) is 2.88. The Morgan fingerprint density at radius 1 is 1.24 bits per heavy atom. The molecule has 0 aliphatic rings. The van der Waals surface area contributed by atoms with Crippen molar-refractivity contribution in [3.8, 4) is 5.75 Å². The molecule has 21 heavy (non-hydrogen) atoms. The molecule has 0 heterocycles. The standard InChI is InChI=1S/C16H15BrClNO2/c1-10-3-8-15(14(18)9-10)19-16(20)11(2)21-13-6-4-12(17)5-7-13/h3-9,11H,1-2H3,(H,19,20)/t11-/m0/s1. The highest BCUT2D eigenvalue weighted by Crippen LogP contribution is 2.23. The van der Waals surface area contributed by atoms with Crippen LogP contribution in [-0.2, 0) is 4.79 Å². The molecule has 0 radical (unpaired) electrons. The lowest BCUT2D eigenvalue weighted by molar-refractivity contribution is -0.122. The Labute approximate surface area is 137 Å². The first-order valence-corrected chi connectivity index (χ1v) is 7.62. The lowest BCUT2D eigenvalue weighted by Gasteiger charge is -2.15. The summed E-state index contributed by atoms with van der Waals surface area (Å²) in [4.78, 5) is 12.1. The number of carbonyl (C=O) groups is 1. The molecule has 0 spiro atoms. The smallest absolute Gasteiger partial charge is 0.265 e. The Hall–Kier alpha value is -1.52. The maximum absolute atomic E-state index is 12.1. The van der Waals surface area contributed by atoms with Crippen LogP contribution >= 0.6 is 27.5 Å². The van der Waals surface area contributed by atoms with Gasteiger partial charge in [0.15, 0.2) is 6.10 Å². The molecule has 0 bridgehead atoms.